The number of hydrogen-bond acceptors (Lipinski definition) is 4. The predicted octanol–water partition coefficient (Wildman–Crippen LogP) is 0.0367. The Bertz CT molecular complexity index is 681. The van der Waals surface area contributed by atoms with Crippen molar-refractivity contribution in [3.8, 4) is 0 Å². The van der Waals surface area contributed by atoms with Gasteiger partial charge >= 0.3 is 0 Å². The number of aromatic nitrogens is 1. The Hall–Kier alpha value is -2.15. The van der Waals surface area contributed by atoms with Gasteiger partial charge in [0.05, 0.1) is 6.54 Å². The number of pyridine rings is 1. The van der Waals surface area contributed by atoms with E-state index in [2.05, 4.69) is 15.5 Å². The van der Waals surface area contributed by atoms with Gasteiger partial charge in [0.1, 0.15) is 5.56 Å². The van der Waals surface area contributed by atoms with E-state index >= 15 is 0 Å². The van der Waals surface area contributed by atoms with Crippen LogP contribution in [0.25, 0.3) is 0 Å². The lowest BCUT2D eigenvalue weighted by Gasteiger charge is -2.26. The highest BCUT2D eigenvalue weighted by molar-refractivity contribution is 5.95. The van der Waals surface area contributed by atoms with E-state index in [9.17, 15) is 14.4 Å². The summed E-state index contributed by atoms with van der Waals surface area (Å²) in [6.07, 6.45) is 0.742. The molecule has 132 valence electrons. The maximum atomic E-state index is 12.4. The molecule has 1 fully saturated rings. The Balaban J connectivity index is 1.91. The van der Waals surface area contributed by atoms with Crippen LogP contribution in [0.5, 0.6) is 0 Å². The van der Waals surface area contributed by atoms with Crippen LogP contribution in [-0.4, -0.2) is 54.0 Å². The number of carbonyl (C=O) groups is 2. The molecule has 0 radical (unpaired) electrons. The Morgan fingerprint density at radius 2 is 2.08 bits per heavy atom. The molecule has 0 bridgehead atoms. The van der Waals surface area contributed by atoms with E-state index in [1.165, 1.54) is 0 Å². The molecule has 7 nitrogen and oxygen atoms in total. The van der Waals surface area contributed by atoms with Crippen LogP contribution in [0.1, 0.15) is 35.0 Å². The molecule has 1 aliphatic rings. The summed E-state index contributed by atoms with van der Waals surface area (Å²) >= 11 is 0. The van der Waals surface area contributed by atoms with E-state index in [0.29, 0.717) is 31.7 Å². The zero-order valence-electron chi connectivity index (χ0n) is 14.6. The molecule has 0 atom stereocenters. The van der Waals surface area contributed by atoms with E-state index < -0.39 is 0 Å². The van der Waals surface area contributed by atoms with Crippen LogP contribution < -0.4 is 16.2 Å². The fourth-order valence-corrected chi connectivity index (χ4v) is 3.07. The Morgan fingerprint density at radius 3 is 2.75 bits per heavy atom. The maximum absolute atomic E-state index is 12.4. The minimum Gasteiger partial charge on any atom is -0.354 e. The van der Waals surface area contributed by atoms with Gasteiger partial charge in [-0.05, 0) is 38.8 Å². The third kappa shape index (κ3) is 4.23. The summed E-state index contributed by atoms with van der Waals surface area (Å²) in [5.41, 5.74) is 1.55. The van der Waals surface area contributed by atoms with E-state index in [-0.39, 0.29) is 22.9 Å². The zero-order chi connectivity index (χ0) is 17.7. The quantitative estimate of drug-likeness (QED) is 0.720. The van der Waals surface area contributed by atoms with Crippen LogP contribution in [0, 0.1) is 13.8 Å². The minimum atomic E-state index is -0.323. The number of rotatable bonds is 6. The number of nitrogens with one attached hydrogen (secondary N) is 2. The van der Waals surface area contributed by atoms with Gasteiger partial charge in [-0.2, -0.15) is 0 Å². The lowest BCUT2D eigenvalue weighted by atomic mass is 10.1. The summed E-state index contributed by atoms with van der Waals surface area (Å²) in [7, 11) is 0. The summed E-state index contributed by atoms with van der Waals surface area (Å²) in [6.45, 7) is 9.23. The van der Waals surface area contributed by atoms with Gasteiger partial charge in [0.2, 0.25) is 5.91 Å². The van der Waals surface area contributed by atoms with Gasteiger partial charge < -0.3 is 15.2 Å². The van der Waals surface area contributed by atoms with Crippen molar-refractivity contribution >= 4 is 11.8 Å². The van der Waals surface area contributed by atoms with Crippen molar-refractivity contribution in [2.45, 2.75) is 33.7 Å². The number of hydrogen-bond donors (Lipinski definition) is 2. The number of aryl methyl sites for hydroxylation is 2. The van der Waals surface area contributed by atoms with Crippen molar-refractivity contribution in [3.63, 3.8) is 0 Å². The summed E-state index contributed by atoms with van der Waals surface area (Å²) in [4.78, 5) is 38.2. The van der Waals surface area contributed by atoms with Crippen LogP contribution in [0.3, 0.4) is 0 Å². The maximum Gasteiger partial charge on any atom is 0.263 e. The van der Waals surface area contributed by atoms with Crippen molar-refractivity contribution in [1.82, 2.24) is 20.1 Å². The molecule has 0 aromatic carbocycles. The van der Waals surface area contributed by atoms with E-state index in [4.69, 9.17) is 0 Å². The first-order chi connectivity index (χ1) is 11.4. The van der Waals surface area contributed by atoms with Gasteiger partial charge in [0.25, 0.3) is 11.5 Å². The Labute approximate surface area is 142 Å². The van der Waals surface area contributed by atoms with Crippen molar-refractivity contribution in [1.29, 1.82) is 0 Å². The van der Waals surface area contributed by atoms with E-state index in [1.54, 1.807) is 11.5 Å². The highest BCUT2D eigenvalue weighted by Crippen LogP contribution is 2.06. The minimum absolute atomic E-state index is 0.0423. The molecule has 1 aromatic heterocycles. The second-order valence-corrected chi connectivity index (χ2v) is 6.13. The van der Waals surface area contributed by atoms with Crippen molar-refractivity contribution in [2.24, 2.45) is 0 Å². The van der Waals surface area contributed by atoms with Gasteiger partial charge in [0, 0.05) is 38.4 Å². The summed E-state index contributed by atoms with van der Waals surface area (Å²) < 4.78 is 1.61. The molecular weight excluding hydrogens is 308 g/mol. The average Bonchev–Trinajstić information content (AvgIpc) is 2.51. The third-order valence-electron chi connectivity index (χ3n) is 4.30. The first-order valence-corrected chi connectivity index (χ1v) is 8.42. The topological polar surface area (TPSA) is 83.4 Å². The van der Waals surface area contributed by atoms with E-state index in [1.807, 2.05) is 19.9 Å². The molecule has 0 spiro atoms. The van der Waals surface area contributed by atoms with Gasteiger partial charge in [-0.3, -0.25) is 19.3 Å². The second-order valence-electron chi connectivity index (χ2n) is 6.13. The van der Waals surface area contributed by atoms with Crippen molar-refractivity contribution in [2.75, 3.05) is 32.7 Å². The molecule has 24 heavy (non-hydrogen) atoms. The number of nitrogens with zero attached hydrogens (tertiary/aromatic N) is 2. The highest BCUT2D eigenvalue weighted by Gasteiger charge is 2.18. The molecule has 7 heteroatoms. The molecule has 1 aliphatic heterocycles. The Kier molecular flexibility index (Phi) is 6.14. The monoisotopic (exact) mass is 334 g/mol. The first-order valence-electron chi connectivity index (χ1n) is 8.42. The molecule has 1 saturated heterocycles. The summed E-state index contributed by atoms with van der Waals surface area (Å²) in [5.74, 6) is -0.281. The smallest absolute Gasteiger partial charge is 0.263 e. The average molecular weight is 334 g/mol. The van der Waals surface area contributed by atoms with Gasteiger partial charge in [0.15, 0.2) is 0 Å². The van der Waals surface area contributed by atoms with Gasteiger partial charge in [-0.1, -0.05) is 0 Å². The molecule has 2 heterocycles. The molecule has 2 rings (SSSR count). The first kappa shape index (κ1) is 18.2. The van der Waals surface area contributed by atoms with Crippen molar-refractivity contribution < 1.29 is 9.59 Å². The Morgan fingerprint density at radius 1 is 1.33 bits per heavy atom. The highest BCUT2D eigenvalue weighted by atomic mass is 16.2. The predicted molar refractivity (Wildman–Crippen MR) is 92.2 cm³/mol. The molecule has 2 amide bonds. The van der Waals surface area contributed by atoms with Crippen LogP contribution in [0.15, 0.2) is 10.9 Å². The largest absolute Gasteiger partial charge is 0.354 e. The normalized spacial score (nSPS) is 15.2. The van der Waals surface area contributed by atoms with E-state index in [0.717, 1.165) is 25.2 Å². The summed E-state index contributed by atoms with van der Waals surface area (Å²) in [5, 5.41) is 5.61. The number of carbonyl (C=O) groups excluding carboxylic acids is 2. The lowest BCUT2D eigenvalue weighted by molar-refractivity contribution is -0.124. The molecule has 1 aromatic rings. The van der Waals surface area contributed by atoms with Crippen LogP contribution in [-0.2, 0) is 11.3 Å². The molecule has 0 saturated carbocycles. The van der Waals surface area contributed by atoms with Crippen LogP contribution in [0.4, 0.5) is 0 Å². The standard InChI is InChI=1S/C17H26N4O3/c1-4-21-13(3)10-12(2)15(17(21)24)16(23)19-6-5-8-20-9-7-18-14(22)11-20/h10H,4-9,11H2,1-3H3,(H,18,22)(H,19,23). The fraction of sp³-hybridized carbons (Fsp3) is 0.588. The van der Waals surface area contributed by atoms with Gasteiger partial charge in [-0.25, -0.2) is 0 Å². The summed E-state index contributed by atoms with van der Waals surface area (Å²) in [6, 6.07) is 1.87. The SMILES string of the molecule is CCn1c(C)cc(C)c(C(=O)NCCCN2CCNC(=O)C2)c1=O. The van der Waals surface area contributed by atoms with Crippen molar-refractivity contribution in [3.05, 3.63) is 33.2 Å². The molecular formula is C17H26N4O3. The molecule has 0 unspecified atom stereocenters. The zero-order valence-corrected chi connectivity index (χ0v) is 14.6. The third-order valence-corrected chi connectivity index (χ3v) is 4.30. The molecule has 0 aliphatic carbocycles. The second kappa shape index (κ2) is 8.10. The van der Waals surface area contributed by atoms with Crippen LogP contribution in [0.2, 0.25) is 0 Å². The molecule has 2 N–H and O–H groups in total. The number of piperazine rings is 1. The number of amides is 2. The lowest BCUT2D eigenvalue weighted by Crippen LogP contribution is -2.48. The fourth-order valence-electron chi connectivity index (χ4n) is 3.07. The van der Waals surface area contributed by atoms with Crippen LogP contribution >= 0.6 is 0 Å². The van der Waals surface area contributed by atoms with Gasteiger partial charge in [-0.15, -0.1) is 0 Å².